The number of benzene rings is 1. The fourth-order valence-electron chi connectivity index (χ4n) is 2.19. The Balaban J connectivity index is 3.55. The summed E-state index contributed by atoms with van der Waals surface area (Å²) < 4.78 is 34.8. The minimum absolute atomic E-state index is 0.0790. The van der Waals surface area contributed by atoms with Crippen molar-refractivity contribution in [3.8, 4) is 30.4 Å². The van der Waals surface area contributed by atoms with E-state index in [1.165, 1.54) is 31.4 Å². The van der Waals surface area contributed by atoms with Crippen LogP contribution in [0.1, 0.15) is 33.6 Å². The summed E-state index contributed by atoms with van der Waals surface area (Å²) in [6.45, 7) is 4.92. The highest BCUT2D eigenvalue weighted by Crippen LogP contribution is 2.35. The first-order valence-corrected chi connectivity index (χ1v) is 9.01. The third kappa shape index (κ3) is 4.35. The van der Waals surface area contributed by atoms with E-state index in [9.17, 15) is 13.2 Å². The standard InChI is InChI=1S/C19H22O5S/c1-7-13-19(14-8-2,17(20)24-18(3,4)5)25(21,22)16-11-9-15(23-6)10-12-16/h1-2,9-12H,13-14H2,3-6H3. The highest BCUT2D eigenvalue weighted by atomic mass is 32.2. The van der Waals surface area contributed by atoms with Crippen molar-refractivity contribution >= 4 is 15.8 Å². The summed E-state index contributed by atoms with van der Waals surface area (Å²) in [5.41, 5.74) is -0.888. The SMILES string of the molecule is C#CCC(CC#C)(C(=O)OC(C)(C)C)S(=O)(=O)c1ccc(OC)cc1. The van der Waals surface area contributed by atoms with Gasteiger partial charge in [0.2, 0.25) is 0 Å². The number of hydrogen-bond acceptors (Lipinski definition) is 5. The Morgan fingerprint density at radius 3 is 1.92 bits per heavy atom. The van der Waals surface area contributed by atoms with Crippen molar-refractivity contribution in [3.63, 3.8) is 0 Å². The van der Waals surface area contributed by atoms with E-state index in [1.807, 2.05) is 0 Å². The van der Waals surface area contributed by atoms with Crippen LogP contribution in [0.5, 0.6) is 5.75 Å². The van der Waals surface area contributed by atoms with Gasteiger partial charge >= 0.3 is 5.97 Å². The molecule has 0 aliphatic carbocycles. The molecule has 0 aliphatic heterocycles. The lowest BCUT2D eigenvalue weighted by Gasteiger charge is -2.31. The zero-order valence-corrected chi connectivity index (χ0v) is 15.6. The molecule has 1 aromatic rings. The Labute approximate surface area is 149 Å². The molecule has 0 fully saturated rings. The smallest absolute Gasteiger partial charge is 0.330 e. The molecule has 0 aliphatic rings. The molecule has 0 atom stereocenters. The summed E-state index contributed by atoms with van der Waals surface area (Å²) in [6.07, 6.45) is 9.94. The quantitative estimate of drug-likeness (QED) is 0.575. The fraction of sp³-hybridized carbons (Fsp3) is 0.421. The lowest BCUT2D eigenvalue weighted by molar-refractivity contribution is -0.157. The molecule has 1 rings (SSSR count). The van der Waals surface area contributed by atoms with E-state index >= 15 is 0 Å². The van der Waals surface area contributed by atoms with Crippen LogP contribution in [0.3, 0.4) is 0 Å². The van der Waals surface area contributed by atoms with E-state index in [0.29, 0.717) is 5.75 Å². The summed E-state index contributed by atoms with van der Waals surface area (Å²) >= 11 is 0. The van der Waals surface area contributed by atoms with Gasteiger partial charge in [0.25, 0.3) is 0 Å². The van der Waals surface area contributed by atoms with Crippen molar-refractivity contribution in [1.29, 1.82) is 0 Å². The van der Waals surface area contributed by atoms with E-state index in [1.54, 1.807) is 20.8 Å². The number of methoxy groups -OCH3 is 1. The van der Waals surface area contributed by atoms with Crippen LogP contribution in [-0.4, -0.2) is 31.8 Å². The number of ether oxygens (including phenoxy) is 2. The van der Waals surface area contributed by atoms with Gasteiger partial charge in [0, 0.05) is 12.8 Å². The third-order valence-corrected chi connectivity index (χ3v) is 5.81. The molecule has 25 heavy (non-hydrogen) atoms. The zero-order valence-electron chi connectivity index (χ0n) is 14.8. The fourth-order valence-corrected chi connectivity index (χ4v) is 3.94. The Morgan fingerprint density at radius 2 is 1.56 bits per heavy atom. The predicted molar refractivity (Wildman–Crippen MR) is 95.7 cm³/mol. The molecule has 1 aromatic carbocycles. The molecule has 0 radical (unpaired) electrons. The molecule has 0 aromatic heterocycles. The Morgan fingerprint density at radius 1 is 1.08 bits per heavy atom. The lowest BCUT2D eigenvalue weighted by atomic mass is 10.0. The van der Waals surface area contributed by atoms with Gasteiger partial charge in [-0.3, -0.25) is 4.79 Å². The third-order valence-electron chi connectivity index (χ3n) is 3.43. The van der Waals surface area contributed by atoms with Gasteiger partial charge in [-0.15, -0.1) is 24.7 Å². The molecule has 0 spiro atoms. The predicted octanol–water partition coefficient (Wildman–Crippen LogP) is 2.60. The molecule has 0 saturated carbocycles. The van der Waals surface area contributed by atoms with Crippen molar-refractivity contribution < 1.29 is 22.7 Å². The first-order chi connectivity index (χ1) is 11.5. The van der Waals surface area contributed by atoms with Gasteiger partial charge < -0.3 is 9.47 Å². The average Bonchev–Trinajstić information content (AvgIpc) is 2.52. The normalized spacial score (nSPS) is 11.9. The van der Waals surface area contributed by atoms with Gasteiger partial charge in [-0.2, -0.15) is 0 Å². The number of carbonyl (C=O) groups excluding carboxylic acids is 1. The van der Waals surface area contributed by atoms with Gasteiger partial charge in [-0.1, -0.05) is 0 Å². The first kappa shape index (κ1) is 20.6. The van der Waals surface area contributed by atoms with Crippen molar-refractivity contribution in [2.45, 2.75) is 48.9 Å². The van der Waals surface area contributed by atoms with Crippen molar-refractivity contribution in [3.05, 3.63) is 24.3 Å². The van der Waals surface area contributed by atoms with Crippen LogP contribution in [0.15, 0.2) is 29.2 Å². The molecule has 6 heteroatoms. The Bertz CT molecular complexity index is 783. The van der Waals surface area contributed by atoms with Gasteiger partial charge in [0.15, 0.2) is 14.6 Å². The molecule has 0 amide bonds. The molecule has 0 unspecified atom stereocenters. The minimum Gasteiger partial charge on any atom is -0.497 e. The molecule has 0 saturated heterocycles. The van der Waals surface area contributed by atoms with Crippen LogP contribution >= 0.6 is 0 Å². The lowest BCUT2D eigenvalue weighted by Crippen LogP contribution is -2.49. The summed E-state index contributed by atoms with van der Waals surface area (Å²) in [5.74, 6) is 4.05. The number of carbonyl (C=O) groups is 1. The molecule has 0 bridgehead atoms. The van der Waals surface area contributed by atoms with Crippen LogP contribution in [0.2, 0.25) is 0 Å². The number of esters is 1. The Kier molecular flexibility index (Phi) is 6.29. The largest absolute Gasteiger partial charge is 0.497 e. The Hall–Kier alpha value is -2.44. The van der Waals surface area contributed by atoms with E-state index in [-0.39, 0.29) is 17.7 Å². The van der Waals surface area contributed by atoms with E-state index in [0.717, 1.165) is 0 Å². The van der Waals surface area contributed by atoms with Crippen LogP contribution in [0.25, 0.3) is 0 Å². The molecular formula is C19H22O5S. The van der Waals surface area contributed by atoms with Gasteiger partial charge in [0.05, 0.1) is 12.0 Å². The number of terminal acetylenes is 2. The topological polar surface area (TPSA) is 69.7 Å². The maximum Gasteiger partial charge on any atom is 0.330 e. The molecule has 5 nitrogen and oxygen atoms in total. The van der Waals surface area contributed by atoms with E-state index in [4.69, 9.17) is 22.3 Å². The molecule has 0 heterocycles. The average molecular weight is 362 g/mol. The van der Waals surface area contributed by atoms with Crippen LogP contribution in [-0.2, 0) is 19.4 Å². The summed E-state index contributed by atoms with van der Waals surface area (Å²) in [5, 5.41) is 0. The molecule has 0 N–H and O–H groups in total. The highest BCUT2D eigenvalue weighted by molar-refractivity contribution is 7.93. The highest BCUT2D eigenvalue weighted by Gasteiger charge is 2.52. The molecule has 134 valence electrons. The van der Waals surface area contributed by atoms with Crippen LogP contribution in [0, 0.1) is 24.7 Å². The summed E-state index contributed by atoms with van der Waals surface area (Å²) in [4.78, 5) is 12.7. The zero-order chi connectivity index (χ0) is 19.3. The van der Waals surface area contributed by atoms with E-state index < -0.39 is 26.2 Å². The second kappa shape index (κ2) is 7.63. The van der Waals surface area contributed by atoms with Crippen LogP contribution < -0.4 is 4.74 Å². The second-order valence-electron chi connectivity index (χ2n) is 6.44. The van der Waals surface area contributed by atoms with E-state index in [2.05, 4.69) is 11.8 Å². The number of rotatable bonds is 6. The number of sulfone groups is 1. The van der Waals surface area contributed by atoms with Gasteiger partial charge in [-0.05, 0) is 45.0 Å². The summed E-state index contributed by atoms with van der Waals surface area (Å²) in [6, 6.07) is 5.66. The number of hydrogen-bond donors (Lipinski definition) is 0. The second-order valence-corrected chi connectivity index (χ2v) is 8.70. The maximum atomic E-state index is 13.2. The molecular weight excluding hydrogens is 340 g/mol. The van der Waals surface area contributed by atoms with Crippen molar-refractivity contribution in [1.82, 2.24) is 0 Å². The van der Waals surface area contributed by atoms with Crippen molar-refractivity contribution in [2.75, 3.05) is 7.11 Å². The maximum absolute atomic E-state index is 13.2. The monoisotopic (exact) mass is 362 g/mol. The minimum atomic E-state index is -4.20. The summed E-state index contributed by atoms with van der Waals surface area (Å²) in [7, 11) is -2.74. The first-order valence-electron chi connectivity index (χ1n) is 7.53. The van der Waals surface area contributed by atoms with Crippen LogP contribution in [0.4, 0.5) is 0 Å². The van der Waals surface area contributed by atoms with Gasteiger partial charge in [-0.25, -0.2) is 8.42 Å². The van der Waals surface area contributed by atoms with Gasteiger partial charge in [0.1, 0.15) is 11.4 Å². The van der Waals surface area contributed by atoms with Crippen molar-refractivity contribution in [2.24, 2.45) is 0 Å².